The first kappa shape index (κ1) is 20.6. The molecule has 0 radical (unpaired) electrons. The number of hydrogen-bond acceptors (Lipinski definition) is 2. The van der Waals surface area contributed by atoms with Crippen molar-refractivity contribution in [3.05, 3.63) is 53.1 Å². The van der Waals surface area contributed by atoms with E-state index < -0.39 is 0 Å². The van der Waals surface area contributed by atoms with Crippen molar-refractivity contribution in [3.8, 4) is 0 Å². The maximum absolute atomic E-state index is 13.9. The highest BCUT2D eigenvalue weighted by molar-refractivity contribution is 5.92. The first-order chi connectivity index (χ1) is 13.5. The highest BCUT2D eigenvalue weighted by Crippen LogP contribution is 2.24. The number of hydrogen-bond donors (Lipinski definition) is 0. The van der Waals surface area contributed by atoms with Gasteiger partial charge >= 0.3 is 0 Å². The SMILES string of the molecule is CCn1nc(CC(C)C)cc1C(=O)N1CCC[C@H](CCc2ccccc2F)C1. The fourth-order valence-corrected chi connectivity index (χ4v) is 4.11. The van der Waals surface area contributed by atoms with Crippen LogP contribution in [0.25, 0.3) is 0 Å². The van der Waals surface area contributed by atoms with Crippen LogP contribution in [-0.4, -0.2) is 33.7 Å². The van der Waals surface area contributed by atoms with Crippen LogP contribution >= 0.6 is 0 Å². The van der Waals surface area contributed by atoms with Gasteiger partial charge in [0.2, 0.25) is 0 Å². The van der Waals surface area contributed by atoms with Crippen LogP contribution in [0.2, 0.25) is 0 Å². The highest BCUT2D eigenvalue weighted by atomic mass is 19.1. The van der Waals surface area contributed by atoms with E-state index in [-0.39, 0.29) is 11.7 Å². The molecule has 0 unspecified atom stereocenters. The minimum atomic E-state index is -0.129. The molecule has 0 bridgehead atoms. The maximum atomic E-state index is 13.9. The Bertz CT molecular complexity index is 799. The fourth-order valence-electron chi connectivity index (χ4n) is 4.11. The van der Waals surface area contributed by atoms with E-state index in [1.54, 1.807) is 6.07 Å². The van der Waals surface area contributed by atoms with Crippen LogP contribution < -0.4 is 0 Å². The lowest BCUT2D eigenvalue weighted by Gasteiger charge is -2.33. The highest BCUT2D eigenvalue weighted by Gasteiger charge is 2.27. The Kier molecular flexibility index (Phi) is 6.87. The Morgan fingerprint density at radius 3 is 2.82 bits per heavy atom. The number of piperidine rings is 1. The van der Waals surface area contributed by atoms with Gasteiger partial charge in [0, 0.05) is 19.6 Å². The summed E-state index contributed by atoms with van der Waals surface area (Å²) in [4.78, 5) is 15.1. The zero-order chi connectivity index (χ0) is 20.1. The molecule has 1 aliphatic rings. The maximum Gasteiger partial charge on any atom is 0.272 e. The van der Waals surface area contributed by atoms with Gasteiger partial charge in [0.05, 0.1) is 5.69 Å². The number of benzene rings is 1. The Hall–Kier alpha value is -2.17. The smallest absolute Gasteiger partial charge is 0.272 e. The number of likely N-dealkylation sites (tertiary alicyclic amines) is 1. The fraction of sp³-hybridized carbons (Fsp3) is 0.565. The van der Waals surface area contributed by atoms with Crippen molar-refractivity contribution >= 4 is 5.91 Å². The van der Waals surface area contributed by atoms with Crippen LogP contribution in [0.15, 0.2) is 30.3 Å². The minimum Gasteiger partial charge on any atom is -0.337 e. The molecular formula is C23H32FN3O. The van der Waals surface area contributed by atoms with Crippen molar-refractivity contribution in [3.63, 3.8) is 0 Å². The Labute approximate surface area is 167 Å². The average molecular weight is 386 g/mol. The van der Waals surface area contributed by atoms with Gasteiger partial charge in [-0.05, 0) is 68.6 Å². The predicted octanol–water partition coefficient (Wildman–Crippen LogP) is 4.73. The van der Waals surface area contributed by atoms with Gasteiger partial charge in [0.1, 0.15) is 11.5 Å². The molecule has 152 valence electrons. The van der Waals surface area contributed by atoms with Gasteiger partial charge in [0.15, 0.2) is 0 Å². The summed E-state index contributed by atoms with van der Waals surface area (Å²) in [6.45, 7) is 8.60. The Morgan fingerprint density at radius 1 is 1.32 bits per heavy atom. The number of aromatic nitrogens is 2. The zero-order valence-electron chi connectivity index (χ0n) is 17.3. The van der Waals surface area contributed by atoms with Gasteiger partial charge in [-0.15, -0.1) is 0 Å². The largest absolute Gasteiger partial charge is 0.337 e. The molecule has 1 fully saturated rings. The summed E-state index contributed by atoms with van der Waals surface area (Å²) < 4.78 is 15.7. The Balaban J connectivity index is 1.64. The van der Waals surface area contributed by atoms with E-state index in [4.69, 9.17) is 0 Å². The summed E-state index contributed by atoms with van der Waals surface area (Å²) in [5, 5.41) is 4.62. The van der Waals surface area contributed by atoms with E-state index in [0.717, 1.165) is 56.5 Å². The molecule has 0 aliphatic carbocycles. The predicted molar refractivity (Wildman–Crippen MR) is 110 cm³/mol. The second-order valence-corrected chi connectivity index (χ2v) is 8.32. The molecule has 1 amide bonds. The lowest BCUT2D eigenvalue weighted by atomic mass is 9.91. The van der Waals surface area contributed by atoms with E-state index in [9.17, 15) is 9.18 Å². The number of carbonyl (C=O) groups excluding carboxylic acids is 1. The van der Waals surface area contributed by atoms with Gasteiger partial charge in [-0.1, -0.05) is 32.0 Å². The topological polar surface area (TPSA) is 38.1 Å². The summed E-state index contributed by atoms with van der Waals surface area (Å²) in [6, 6.07) is 8.96. The van der Waals surface area contributed by atoms with Crippen LogP contribution in [0, 0.1) is 17.7 Å². The first-order valence-electron chi connectivity index (χ1n) is 10.6. The number of rotatable bonds is 7. The lowest BCUT2D eigenvalue weighted by Crippen LogP contribution is -2.40. The van der Waals surface area contributed by atoms with Crippen LogP contribution in [0.4, 0.5) is 4.39 Å². The van der Waals surface area contributed by atoms with Crippen molar-refractivity contribution in [2.24, 2.45) is 11.8 Å². The van der Waals surface area contributed by atoms with Crippen molar-refractivity contribution in [1.29, 1.82) is 0 Å². The lowest BCUT2D eigenvalue weighted by molar-refractivity contribution is 0.0655. The number of halogens is 1. The molecule has 0 saturated carbocycles. The number of amides is 1. The molecule has 0 spiro atoms. The van der Waals surface area contributed by atoms with Gasteiger partial charge in [-0.2, -0.15) is 5.10 Å². The average Bonchev–Trinajstić information content (AvgIpc) is 3.09. The third-order valence-corrected chi connectivity index (χ3v) is 5.55. The van der Waals surface area contributed by atoms with E-state index in [1.165, 1.54) is 6.07 Å². The number of aryl methyl sites for hydroxylation is 2. The van der Waals surface area contributed by atoms with Crippen LogP contribution in [-0.2, 0) is 19.4 Å². The van der Waals surface area contributed by atoms with Crippen molar-refractivity contribution < 1.29 is 9.18 Å². The van der Waals surface area contributed by atoms with Gasteiger partial charge in [-0.25, -0.2) is 4.39 Å². The summed E-state index contributed by atoms with van der Waals surface area (Å²) in [5.74, 6) is 0.891. The molecular weight excluding hydrogens is 353 g/mol. The van der Waals surface area contributed by atoms with Crippen LogP contribution in [0.3, 0.4) is 0 Å². The van der Waals surface area contributed by atoms with Crippen LogP contribution in [0.1, 0.15) is 61.8 Å². The van der Waals surface area contributed by atoms with Crippen molar-refractivity contribution in [2.45, 2.75) is 59.4 Å². The number of nitrogens with zero attached hydrogens (tertiary/aromatic N) is 3. The standard InChI is InChI=1S/C23H32FN3O/c1-4-27-22(15-20(25-27)14-17(2)3)23(28)26-13-7-8-18(16-26)11-12-19-9-5-6-10-21(19)24/h5-6,9-10,15,17-18H,4,7-8,11-14,16H2,1-3H3/t18-/m1/s1. The Morgan fingerprint density at radius 2 is 2.11 bits per heavy atom. The molecule has 3 rings (SSSR count). The number of carbonyl (C=O) groups is 1. The second-order valence-electron chi connectivity index (χ2n) is 8.32. The third-order valence-electron chi connectivity index (χ3n) is 5.55. The second kappa shape index (κ2) is 9.35. The molecule has 1 saturated heterocycles. The van der Waals surface area contributed by atoms with Crippen LogP contribution in [0.5, 0.6) is 0 Å². The van der Waals surface area contributed by atoms with Gasteiger partial charge in [0.25, 0.3) is 5.91 Å². The molecule has 1 aliphatic heterocycles. The first-order valence-corrected chi connectivity index (χ1v) is 10.6. The normalized spacial score (nSPS) is 17.3. The quantitative estimate of drug-likeness (QED) is 0.691. The molecule has 1 atom stereocenters. The molecule has 5 heteroatoms. The monoisotopic (exact) mass is 385 g/mol. The molecule has 0 N–H and O–H groups in total. The van der Waals surface area contributed by atoms with E-state index >= 15 is 0 Å². The van der Waals surface area contributed by atoms with Crippen molar-refractivity contribution in [1.82, 2.24) is 14.7 Å². The minimum absolute atomic E-state index is 0.0833. The summed E-state index contributed by atoms with van der Waals surface area (Å²) >= 11 is 0. The van der Waals surface area contributed by atoms with E-state index in [0.29, 0.717) is 24.1 Å². The zero-order valence-corrected chi connectivity index (χ0v) is 17.3. The molecule has 2 heterocycles. The summed E-state index contributed by atoms with van der Waals surface area (Å²) in [5.41, 5.74) is 2.47. The van der Waals surface area contributed by atoms with Gasteiger partial charge in [-0.3, -0.25) is 9.48 Å². The summed E-state index contributed by atoms with van der Waals surface area (Å²) in [6.07, 6.45) is 4.64. The molecule has 2 aromatic rings. The van der Waals surface area contributed by atoms with Crippen molar-refractivity contribution in [2.75, 3.05) is 13.1 Å². The molecule has 1 aromatic carbocycles. The molecule has 1 aromatic heterocycles. The molecule has 28 heavy (non-hydrogen) atoms. The van der Waals surface area contributed by atoms with E-state index in [1.807, 2.05) is 34.7 Å². The summed E-state index contributed by atoms with van der Waals surface area (Å²) in [7, 11) is 0. The molecule has 4 nitrogen and oxygen atoms in total. The third kappa shape index (κ3) is 5.00. The van der Waals surface area contributed by atoms with E-state index in [2.05, 4.69) is 18.9 Å². The van der Waals surface area contributed by atoms with Gasteiger partial charge < -0.3 is 4.90 Å².